The minimum atomic E-state index is 0.205. The van der Waals surface area contributed by atoms with E-state index in [2.05, 4.69) is 15.9 Å². The molecule has 1 aromatic carbocycles. The lowest BCUT2D eigenvalue weighted by Crippen LogP contribution is -2.00. The van der Waals surface area contributed by atoms with Gasteiger partial charge in [-0.1, -0.05) is 6.07 Å². The Bertz CT molecular complexity index is 302. The summed E-state index contributed by atoms with van der Waals surface area (Å²) in [6.45, 7) is 0.788. The van der Waals surface area contributed by atoms with E-state index in [0.717, 1.165) is 23.1 Å². The van der Waals surface area contributed by atoms with Crippen LogP contribution in [-0.2, 0) is 0 Å². The summed E-state index contributed by atoms with van der Waals surface area (Å²) in [6, 6.07) is 5.65. The van der Waals surface area contributed by atoms with Crippen LogP contribution in [0.25, 0.3) is 0 Å². The van der Waals surface area contributed by atoms with Gasteiger partial charge in [-0.15, -0.1) is 0 Å². The van der Waals surface area contributed by atoms with Gasteiger partial charge >= 0.3 is 0 Å². The van der Waals surface area contributed by atoms with Gasteiger partial charge in [0.2, 0.25) is 0 Å². The molecule has 0 atom stereocenters. The normalized spacial score (nSPS) is 10.1. The maximum atomic E-state index is 8.63. The van der Waals surface area contributed by atoms with E-state index in [1.165, 1.54) is 0 Å². The van der Waals surface area contributed by atoms with Gasteiger partial charge in [-0.3, -0.25) is 0 Å². The van der Waals surface area contributed by atoms with Gasteiger partial charge in [-0.2, -0.15) is 0 Å². The van der Waals surface area contributed by atoms with Crippen LogP contribution in [0.3, 0.4) is 0 Å². The molecular formula is C11H15BrO3. The minimum Gasteiger partial charge on any atom is -0.493 e. The number of methoxy groups -OCH3 is 1. The highest BCUT2D eigenvalue weighted by molar-refractivity contribution is 9.10. The van der Waals surface area contributed by atoms with Crippen LogP contribution in [0.15, 0.2) is 22.7 Å². The number of unbranched alkanes of at least 4 members (excludes halogenated alkanes) is 1. The van der Waals surface area contributed by atoms with Crippen molar-refractivity contribution in [1.29, 1.82) is 0 Å². The molecule has 0 aliphatic heterocycles. The van der Waals surface area contributed by atoms with E-state index in [9.17, 15) is 0 Å². The molecule has 0 heterocycles. The summed E-state index contributed by atoms with van der Waals surface area (Å²) in [4.78, 5) is 0. The number of aliphatic hydroxyl groups excluding tert-OH is 1. The van der Waals surface area contributed by atoms with Crippen molar-refractivity contribution in [2.45, 2.75) is 12.8 Å². The van der Waals surface area contributed by atoms with Crippen LogP contribution in [0.2, 0.25) is 0 Å². The third-order valence-electron chi connectivity index (χ3n) is 1.95. The van der Waals surface area contributed by atoms with E-state index in [4.69, 9.17) is 14.6 Å². The Balaban J connectivity index is 2.58. The first kappa shape index (κ1) is 12.3. The highest BCUT2D eigenvalue weighted by atomic mass is 79.9. The molecule has 0 fully saturated rings. The highest BCUT2D eigenvalue weighted by Crippen LogP contribution is 2.34. The number of hydrogen-bond acceptors (Lipinski definition) is 3. The third kappa shape index (κ3) is 3.72. The Morgan fingerprint density at radius 1 is 1.33 bits per heavy atom. The zero-order valence-corrected chi connectivity index (χ0v) is 10.3. The number of hydrogen-bond donors (Lipinski definition) is 1. The molecule has 0 spiro atoms. The summed E-state index contributed by atoms with van der Waals surface area (Å²) in [6.07, 6.45) is 1.59. The maximum absolute atomic E-state index is 8.63. The molecule has 0 saturated carbocycles. The second kappa shape index (κ2) is 6.69. The van der Waals surface area contributed by atoms with Gasteiger partial charge in [-0.05, 0) is 40.9 Å². The number of para-hydroxylation sites is 1. The zero-order valence-electron chi connectivity index (χ0n) is 8.70. The molecule has 1 aromatic rings. The fraction of sp³-hybridized carbons (Fsp3) is 0.455. The van der Waals surface area contributed by atoms with E-state index < -0.39 is 0 Å². The number of aliphatic hydroxyl groups is 1. The Labute approximate surface area is 98.1 Å². The Morgan fingerprint density at radius 2 is 2.13 bits per heavy atom. The van der Waals surface area contributed by atoms with Crippen molar-refractivity contribution in [2.24, 2.45) is 0 Å². The van der Waals surface area contributed by atoms with E-state index in [1.807, 2.05) is 18.2 Å². The molecule has 0 aliphatic rings. The summed E-state index contributed by atoms with van der Waals surface area (Å²) in [5.41, 5.74) is 0. The minimum absolute atomic E-state index is 0.205. The van der Waals surface area contributed by atoms with Gasteiger partial charge in [0.25, 0.3) is 0 Å². The van der Waals surface area contributed by atoms with Crippen molar-refractivity contribution in [1.82, 2.24) is 0 Å². The standard InChI is InChI=1S/C11H15BrO3/c1-14-10-6-4-5-9(12)11(10)15-8-3-2-7-13/h4-6,13H,2-3,7-8H2,1H3. The van der Waals surface area contributed by atoms with Gasteiger partial charge < -0.3 is 14.6 Å². The van der Waals surface area contributed by atoms with E-state index in [1.54, 1.807) is 7.11 Å². The van der Waals surface area contributed by atoms with Crippen molar-refractivity contribution in [3.8, 4) is 11.5 Å². The molecule has 1 rings (SSSR count). The molecule has 0 unspecified atom stereocenters. The van der Waals surface area contributed by atoms with E-state index in [-0.39, 0.29) is 6.61 Å². The molecule has 1 N–H and O–H groups in total. The second-order valence-electron chi connectivity index (χ2n) is 3.05. The lowest BCUT2D eigenvalue weighted by molar-refractivity contribution is 0.246. The predicted molar refractivity (Wildman–Crippen MR) is 62.5 cm³/mol. The van der Waals surface area contributed by atoms with Gasteiger partial charge in [0.05, 0.1) is 18.2 Å². The van der Waals surface area contributed by atoms with Crippen LogP contribution in [0, 0.1) is 0 Å². The summed E-state index contributed by atoms with van der Waals surface area (Å²) in [7, 11) is 1.61. The summed E-state index contributed by atoms with van der Waals surface area (Å²) in [5, 5.41) is 8.63. The predicted octanol–water partition coefficient (Wildman–Crippen LogP) is 2.61. The fourth-order valence-corrected chi connectivity index (χ4v) is 1.64. The third-order valence-corrected chi connectivity index (χ3v) is 2.57. The second-order valence-corrected chi connectivity index (χ2v) is 3.90. The Kier molecular flexibility index (Phi) is 5.50. The number of ether oxygens (including phenoxy) is 2. The van der Waals surface area contributed by atoms with Gasteiger partial charge in [0.15, 0.2) is 11.5 Å². The van der Waals surface area contributed by atoms with Crippen LogP contribution >= 0.6 is 15.9 Å². The molecule has 84 valence electrons. The quantitative estimate of drug-likeness (QED) is 0.811. The average Bonchev–Trinajstić information content (AvgIpc) is 2.26. The van der Waals surface area contributed by atoms with Gasteiger partial charge in [0, 0.05) is 6.61 Å². The Morgan fingerprint density at radius 3 is 2.80 bits per heavy atom. The summed E-state index contributed by atoms with van der Waals surface area (Å²) in [5.74, 6) is 1.44. The molecule has 0 aromatic heterocycles. The molecule has 0 saturated heterocycles. The molecule has 3 nitrogen and oxygen atoms in total. The smallest absolute Gasteiger partial charge is 0.175 e. The van der Waals surface area contributed by atoms with Crippen molar-refractivity contribution in [3.63, 3.8) is 0 Å². The van der Waals surface area contributed by atoms with Crippen molar-refractivity contribution >= 4 is 15.9 Å². The largest absolute Gasteiger partial charge is 0.493 e. The van der Waals surface area contributed by atoms with Crippen LogP contribution < -0.4 is 9.47 Å². The van der Waals surface area contributed by atoms with Crippen LogP contribution in [0.1, 0.15) is 12.8 Å². The van der Waals surface area contributed by atoms with E-state index >= 15 is 0 Å². The fourth-order valence-electron chi connectivity index (χ4n) is 1.18. The molecule has 0 radical (unpaired) electrons. The molecule has 4 heteroatoms. The van der Waals surface area contributed by atoms with Crippen molar-refractivity contribution in [2.75, 3.05) is 20.3 Å². The number of benzene rings is 1. The molecule has 0 bridgehead atoms. The van der Waals surface area contributed by atoms with Gasteiger partial charge in [-0.25, -0.2) is 0 Å². The molecule has 0 amide bonds. The monoisotopic (exact) mass is 274 g/mol. The first-order valence-electron chi connectivity index (χ1n) is 4.85. The zero-order chi connectivity index (χ0) is 11.1. The van der Waals surface area contributed by atoms with Crippen molar-refractivity contribution in [3.05, 3.63) is 22.7 Å². The maximum Gasteiger partial charge on any atom is 0.175 e. The highest BCUT2D eigenvalue weighted by Gasteiger charge is 2.07. The first-order valence-corrected chi connectivity index (χ1v) is 5.65. The lowest BCUT2D eigenvalue weighted by Gasteiger charge is -2.11. The van der Waals surface area contributed by atoms with Gasteiger partial charge in [0.1, 0.15) is 0 Å². The lowest BCUT2D eigenvalue weighted by atomic mass is 10.3. The molecule has 15 heavy (non-hydrogen) atoms. The Hall–Kier alpha value is -0.740. The first-order chi connectivity index (χ1) is 7.29. The van der Waals surface area contributed by atoms with Crippen LogP contribution in [0.5, 0.6) is 11.5 Å². The average molecular weight is 275 g/mol. The van der Waals surface area contributed by atoms with Crippen molar-refractivity contribution < 1.29 is 14.6 Å². The molecule has 0 aliphatic carbocycles. The SMILES string of the molecule is COc1cccc(Br)c1OCCCCO. The summed E-state index contributed by atoms with van der Waals surface area (Å²) >= 11 is 3.40. The van der Waals surface area contributed by atoms with Crippen LogP contribution in [0.4, 0.5) is 0 Å². The van der Waals surface area contributed by atoms with Crippen LogP contribution in [-0.4, -0.2) is 25.4 Å². The summed E-state index contributed by atoms with van der Waals surface area (Å²) < 4.78 is 11.6. The topological polar surface area (TPSA) is 38.7 Å². The molecular weight excluding hydrogens is 260 g/mol. The number of rotatable bonds is 6. The van der Waals surface area contributed by atoms with E-state index in [0.29, 0.717) is 12.4 Å². The number of halogens is 1.